The van der Waals surface area contributed by atoms with Gasteiger partial charge in [-0.3, -0.25) is 9.59 Å². The molecular formula is C26H30N2O3. The first-order valence-corrected chi connectivity index (χ1v) is 11.2. The second-order valence-electron chi connectivity index (χ2n) is 9.96. The maximum absolute atomic E-state index is 13.6. The molecule has 4 aliphatic rings. The van der Waals surface area contributed by atoms with Gasteiger partial charge in [-0.25, -0.2) is 0 Å². The van der Waals surface area contributed by atoms with Crippen molar-refractivity contribution in [3.63, 3.8) is 0 Å². The average molecular weight is 419 g/mol. The Morgan fingerprint density at radius 1 is 0.871 bits per heavy atom. The number of nitrogens with one attached hydrogen (secondary N) is 2. The van der Waals surface area contributed by atoms with Crippen LogP contribution in [0.25, 0.3) is 0 Å². The van der Waals surface area contributed by atoms with Gasteiger partial charge in [-0.2, -0.15) is 0 Å². The van der Waals surface area contributed by atoms with Crippen molar-refractivity contribution in [1.82, 2.24) is 0 Å². The topological polar surface area (TPSA) is 67.4 Å². The van der Waals surface area contributed by atoms with E-state index in [1.54, 1.807) is 7.11 Å². The lowest BCUT2D eigenvalue weighted by Gasteiger charge is -2.61. The number of anilines is 2. The minimum absolute atomic E-state index is 0.100. The summed E-state index contributed by atoms with van der Waals surface area (Å²) in [6.45, 7) is 1.49. The van der Waals surface area contributed by atoms with Crippen LogP contribution in [0.4, 0.5) is 11.4 Å². The summed E-state index contributed by atoms with van der Waals surface area (Å²) in [5.74, 6) is 2.18. The first-order valence-electron chi connectivity index (χ1n) is 11.2. The lowest BCUT2D eigenvalue weighted by Crippen LogP contribution is -2.57. The van der Waals surface area contributed by atoms with Crippen molar-refractivity contribution in [2.24, 2.45) is 17.3 Å². The summed E-state index contributed by atoms with van der Waals surface area (Å²) < 4.78 is 5.35. The Hall–Kier alpha value is -2.82. The summed E-state index contributed by atoms with van der Waals surface area (Å²) >= 11 is 0. The molecule has 4 fully saturated rings. The Labute approximate surface area is 183 Å². The standard InChI is InChI=1S/C26H30N2O3/c1-17(29)27-21-5-7-22(8-6-21)28-24(30)26-14-18-11-19(15-26)13-25(12-18,16-26)20-3-9-23(31-2)10-4-20/h3-10,18-19H,11-16H2,1-2H3,(H,27,29)(H,28,30)/t18-,19+,25?,26?. The average Bonchev–Trinajstić information content (AvgIpc) is 2.74. The van der Waals surface area contributed by atoms with Gasteiger partial charge >= 0.3 is 0 Å². The van der Waals surface area contributed by atoms with Crippen LogP contribution in [0.3, 0.4) is 0 Å². The first kappa shape index (κ1) is 20.1. The Bertz CT molecular complexity index is 982. The summed E-state index contributed by atoms with van der Waals surface area (Å²) in [5, 5.41) is 5.96. The number of ether oxygens (including phenoxy) is 1. The normalized spacial score (nSPS) is 30.6. The van der Waals surface area contributed by atoms with Gasteiger partial charge in [0.15, 0.2) is 0 Å². The molecule has 0 saturated heterocycles. The van der Waals surface area contributed by atoms with Gasteiger partial charge in [0.05, 0.1) is 12.5 Å². The quantitative estimate of drug-likeness (QED) is 0.707. The van der Waals surface area contributed by atoms with Gasteiger partial charge < -0.3 is 15.4 Å². The van der Waals surface area contributed by atoms with E-state index in [9.17, 15) is 9.59 Å². The van der Waals surface area contributed by atoms with Crippen molar-refractivity contribution < 1.29 is 14.3 Å². The molecule has 5 nitrogen and oxygen atoms in total. The number of methoxy groups -OCH3 is 1. The van der Waals surface area contributed by atoms with Crippen LogP contribution >= 0.6 is 0 Å². The van der Waals surface area contributed by atoms with Gasteiger partial charge in [0.2, 0.25) is 11.8 Å². The Morgan fingerprint density at radius 2 is 1.45 bits per heavy atom. The van der Waals surface area contributed by atoms with Crippen molar-refractivity contribution in [2.75, 3.05) is 17.7 Å². The predicted molar refractivity (Wildman–Crippen MR) is 121 cm³/mol. The number of carbonyl (C=O) groups is 2. The molecule has 162 valence electrons. The van der Waals surface area contributed by atoms with Crippen LogP contribution in [-0.4, -0.2) is 18.9 Å². The predicted octanol–water partition coefficient (Wildman–Crippen LogP) is 5.13. The minimum atomic E-state index is -0.291. The van der Waals surface area contributed by atoms with E-state index < -0.39 is 0 Å². The van der Waals surface area contributed by atoms with E-state index in [2.05, 4.69) is 34.9 Å². The summed E-state index contributed by atoms with van der Waals surface area (Å²) in [7, 11) is 1.70. The third kappa shape index (κ3) is 3.60. The molecule has 0 spiro atoms. The number of hydrogen-bond acceptors (Lipinski definition) is 3. The largest absolute Gasteiger partial charge is 0.497 e. The molecule has 5 heteroatoms. The fourth-order valence-corrected chi connectivity index (χ4v) is 6.91. The fourth-order valence-electron chi connectivity index (χ4n) is 6.91. The summed E-state index contributed by atoms with van der Waals surface area (Å²) in [6, 6.07) is 15.9. The monoisotopic (exact) mass is 418 g/mol. The highest BCUT2D eigenvalue weighted by molar-refractivity contribution is 5.96. The van der Waals surface area contributed by atoms with Crippen LogP contribution in [0, 0.1) is 17.3 Å². The van der Waals surface area contributed by atoms with Crippen molar-refractivity contribution in [2.45, 2.75) is 50.9 Å². The van der Waals surface area contributed by atoms with Gasteiger partial charge in [0.25, 0.3) is 0 Å². The van der Waals surface area contributed by atoms with Crippen molar-refractivity contribution in [3.8, 4) is 5.75 Å². The zero-order chi connectivity index (χ0) is 21.6. The molecule has 4 atom stereocenters. The van der Waals surface area contributed by atoms with E-state index in [1.165, 1.54) is 31.7 Å². The van der Waals surface area contributed by atoms with Crippen LogP contribution in [0.2, 0.25) is 0 Å². The van der Waals surface area contributed by atoms with E-state index >= 15 is 0 Å². The van der Waals surface area contributed by atoms with E-state index in [0.717, 1.165) is 36.4 Å². The number of benzene rings is 2. The molecule has 2 amide bonds. The van der Waals surface area contributed by atoms with Gasteiger partial charge in [-0.05, 0) is 97.7 Å². The highest BCUT2D eigenvalue weighted by atomic mass is 16.5. The Kier molecular flexibility index (Phi) is 4.80. The van der Waals surface area contributed by atoms with Gasteiger partial charge in [0, 0.05) is 18.3 Å². The van der Waals surface area contributed by atoms with Gasteiger partial charge in [-0.1, -0.05) is 12.1 Å². The van der Waals surface area contributed by atoms with Gasteiger partial charge in [-0.15, -0.1) is 0 Å². The smallest absolute Gasteiger partial charge is 0.230 e. The molecule has 4 saturated carbocycles. The van der Waals surface area contributed by atoms with Crippen molar-refractivity contribution in [1.29, 1.82) is 0 Å². The Balaban J connectivity index is 1.38. The van der Waals surface area contributed by atoms with Crippen LogP contribution in [0.1, 0.15) is 51.0 Å². The van der Waals surface area contributed by atoms with Crippen LogP contribution in [0.5, 0.6) is 5.75 Å². The highest BCUT2D eigenvalue weighted by Crippen LogP contribution is 2.66. The molecule has 2 N–H and O–H groups in total. The molecule has 2 unspecified atom stereocenters. The lowest BCUT2D eigenvalue weighted by molar-refractivity contribution is -0.143. The number of hydrogen-bond donors (Lipinski definition) is 2. The molecule has 4 aliphatic carbocycles. The second kappa shape index (κ2) is 7.40. The number of amides is 2. The maximum atomic E-state index is 13.6. The zero-order valence-electron chi connectivity index (χ0n) is 18.2. The van der Waals surface area contributed by atoms with E-state index in [-0.39, 0.29) is 22.6 Å². The molecule has 0 aromatic heterocycles. The summed E-state index contributed by atoms with van der Waals surface area (Å²) in [6.07, 6.45) is 6.56. The molecule has 2 aromatic carbocycles. The minimum Gasteiger partial charge on any atom is -0.497 e. The molecular weight excluding hydrogens is 388 g/mol. The Morgan fingerprint density at radius 3 is 2.00 bits per heavy atom. The molecule has 0 radical (unpaired) electrons. The molecule has 31 heavy (non-hydrogen) atoms. The number of rotatable bonds is 5. The van der Waals surface area contributed by atoms with Gasteiger partial charge in [0.1, 0.15) is 5.75 Å². The first-order chi connectivity index (χ1) is 14.9. The SMILES string of the molecule is COc1ccc(C23C[C@@H]4C[C@@H](CC(C(=O)Nc5ccc(NC(C)=O)cc5)(C4)C2)C3)cc1. The molecule has 2 aromatic rings. The third-order valence-electron chi connectivity index (χ3n) is 7.71. The zero-order valence-corrected chi connectivity index (χ0v) is 18.2. The van der Waals surface area contributed by atoms with E-state index in [0.29, 0.717) is 11.8 Å². The summed E-state index contributed by atoms with van der Waals surface area (Å²) in [4.78, 5) is 24.8. The maximum Gasteiger partial charge on any atom is 0.230 e. The van der Waals surface area contributed by atoms with E-state index in [1.807, 2.05) is 24.3 Å². The van der Waals surface area contributed by atoms with Crippen molar-refractivity contribution in [3.05, 3.63) is 54.1 Å². The molecule has 0 aliphatic heterocycles. The fraction of sp³-hybridized carbons (Fsp3) is 0.462. The third-order valence-corrected chi connectivity index (χ3v) is 7.71. The molecule has 0 heterocycles. The molecule has 4 bridgehead atoms. The molecule has 6 rings (SSSR count). The van der Waals surface area contributed by atoms with E-state index in [4.69, 9.17) is 4.74 Å². The van der Waals surface area contributed by atoms with Crippen LogP contribution < -0.4 is 15.4 Å². The number of carbonyl (C=O) groups excluding carboxylic acids is 2. The highest BCUT2D eigenvalue weighted by Gasteiger charge is 2.60. The van der Waals surface area contributed by atoms with Crippen molar-refractivity contribution >= 4 is 23.2 Å². The lowest BCUT2D eigenvalue weighted by atomic mass is 9.42. The summed E-state index contributed by atoms with van der Waals surface area (Å²) in [5.41, 5.74) is 2.69. The van der Waals surface area contributed by atoms with Crippen LogP contribution in [-0.2, 0) is 15.0 Å². The second-order valence-corrected chi connectivity index (χ2v) is 9.96. The van der Waals surface area contributed by atoms with Crippen LogP contribution in [0.15, 0.2) is 48.5 Å².